The van der Waals surface area contributed by atoms with Gasteiger partial charge < -0.3 is 25.4 Å². The third-order valence-electron chi connectivity index (χ3n) is 7.71. The third-order valence-corrected chi connectivity index (χ3v) is 7.71. The second kappa shape index (κ2) is 12.7. The molecule has 1 aromatic heterocycles. The van der Waals surface area contributed by atoms with E-state index in [1.807, 2.05) is 31.5 Å². The van der Waals surface area contributed by atoms with Gasteiger partial charge in [-0.05, 0) is 68.9 Å². The van der Waals surface area contributed by atoms with Crippen molar-refractivity contribution < 1.29 is 24.2 Å². The van der Waals surface area contributed by atoms with Gasteiger partial charge in [0.2, 0.25) is 5.91 Å². The highest BCUT2D eigenvalue weighted by atomic mass is 16.5. The van der Waals surface area contributed by atoms with E-state index < -0.39 is 24.1 Å². The molecule has 0 bridgehead atoms. The van der Waals surface area contributed by atoms with E-state index in [0.29, 0.717) is 12.8 Å². The third kappa shape index (κ3) is 7.32. The Morgan fingerprint density at radius 1 is 1.11 bits per heavy atom. The number of hydrogen-bond donors (Lipinski definition) is 3. The Bertz CT molecular complexity index is 831. The molecule has 1 aliphatic carbocycles. The first-order valence-electron chi connectivity index (χ1n) is 13.0. The van der Waals surface area contributed by atoms with Crippen LogP contribution in [0.1, 0.15) is 71.6 Å². The van der Waals surface area contributed by atoms with E-state index in [1.54, 1.807) is 6.92 Å². The van der Waals surface area contributed by atoms with Crippen molar-refractivity contribution >= 4 is 23.7 Å². The predicted molar refractivity (Wildman–Crippen MR) is 133 cm³/mol. The van der Waals surface area contributed by atoms with Crippen LogP contribution in [0.25, 0.3) is 0 Å². The van der Waals surface area contributed by atoms with E-state index in [9.17, 15) is 19.5 Å². The monoisotopic (exact) mass is 488 g/mol. The van der Waals surface area contributed by atoms with Gasteiger partial charge in [0.05, 0.1) is 12.6 Å². The average molecular weight is 489 g/mol. The smallest absolute Gasteiger partial charge is 0.407 e. The molecule has 3 N–H and O–H groups in total. The first-order valence-corrected chi connectivity index (χ1v) is 13.0. The van der Waals surface area contributed by atoms with E-state index in [0.717, 1.165) is 58.0 Å². The van der Waals surface area contributed by atoms with Gasteiger partial charge in [-0.1, -0.05) is 20.3 Å². The van der Waals surface area contributed by atoms with Crippen molar-refractivity contribution in [1.82, 2.24) is 15.6 Å². The number of anilines is 1. The van der Waals surface area contributed by atoms with E-state index in [1.165, 1.54) is 5.69 Å². The molecule has 2 atom stereocenters. The zero-order valence-electron chi connectivity index (χ0n) is 21.0. The predicted octanol–water partition coefficient (Wildman–Crippen LogP) is 3.73. The number of ether oxygens (including phenoxy) is 1. The number of alkyl carbamates (subject to hydrolysis) is 1. The molecule has 1 unspecified atom stereocenters. The Morgan fingerprint density at radius 3 is 2.34 bits per heavy atom. The van der Waals surface area contributed by atoms with Crippen molar-refractivity contribution in [1.29, 1.82) is 0 Å². The quantitative estimate of drug-likeness (QED) is 0.429. The summed E-state index contributed by atoms with van der Waals surface area (Å²) in [6, 6.07) is 2.17. The zero-order chi connectivity index (χ0) is 25.3. The summed E-state index contributed by atoms with van der Waals surface area (Å²) >= 11 is 0. The summed E-state index contributed by atoms with van der Waals surface area (Å²) in [5, 5.41) is 15.0. The number of pyridine rings is 1. The minimum atomic E-state index is -1.23. The number of carbonyl (C=O) groups is 3. The normalized spacial score (nSPS) is 19.5. The molecule has 194 valence electrons. The molecule has 2 heterocycles. The molecule has 1 spiro atoms. The van der Waals surface area contributed by atoms with Crippen LogP contribution in [0.2, 0.25) is 0 Å². The number of piperidine rings is 1. The van der Waals surface area contributed by atoms with E-state index in [-0.39, 0.29) is 23.8 Å². The molecule has 0 aromatic carbocycles. The number of hydrogen-bond acceptors (Lipinski definition) is 6. The number of carboxylic acid groups (broad SMARTS) is 1. The number of rotatable bonds is 10. The minimum Gasteiger partial charge on any atom is -0.480 e. The van der Waals surface area contributed by atoms with Crippen molar-refractivity contribution in [2.45, 2.75) is 83.7 Å². The maximum atomic E-state index is 13.0. The summed E-state index contributed by atoms with van der Waals surface area (Å²) in [6.45, 7) is 6.04. The highest BCUT2D eigenvalue weighted by Crippen LogP contribution is 2.46. The summed E-state index contributed by atoms with van der Waals surface area (Å²) in [5.74, 6) is -1.43. The molecule has 1 saturated heterocycles. The fourth-order valence-electron chi connectivity index (χ4n) is 5.32. The van der Waals surface area contributed by atoms with Gasteiger partial charge in [-0.3, -0.25) is 9.78 Å². The van der Waals surface area contributed by atoms with Gasteiger partial charge in [0.1, 0.15) is 6.04 Å². The summed E-state index contributed by atoms with van der Waals surface area (Å²) < 4.78 is 5.05. The van der Waals surface area contributed by atoms with Crippen LogP contribution in [0.5, 0.6) is 0 Å². The van der Waals surface area contributed by atoms with Crippen LogP contribution >= 0.6 is 0 Å². The molecule has 9 heteroatoms. The number of carbonyl (C=O) groups excluding carboxylic acids is 2. The number of aliphatic carboxylic acids is 1. The standard InChI is InChI=1S/C26H40N4O5/c1-3-5-18-35-25(34)29-22(24(32)33)21(4-2)28-23(31)19-6-10-26(11-7-19)12-16-30(17-13-26)20-8-14-27-15-9-20/h8-9,14-15,19,21-22H,3-7,10-13,16-18H2,1-2H3,(H,28,31)(H,29,34)(H,32,33)/t21?,22-/m0/s1. The molecule has 1 saturated carbocycles. The fourth-order valence-corrected chi connectivity index (χ4v) is 5.32. The van der Waals surface area contributed by atoms with Gasteiger partial charge in [0.15, 0.2) is 0 Å². The largest absolute Gasteiger partial charge is 0.480 e. The molecule has 2 aliphatic rings. The molecule has 2 amide bonds. The number of aromatic nitrogens is 1. The van der Waals surface area contributed by atoms with Crippen molar-refractivity contribution in [3.63, 3.8) is 0 Å². The van der Waals surface area contributed by atoms with Crippen molar-refractivity contribution in [3.8, 4) is 0 Å². The molecule has 0 radical (unpaired) electrons. The van der Waals surface area contributed by atoms with Crippen LogP contribution in [0, 0.1) is 11.3 Å². The summed E-state index contributed by atoms with van der Waals surface area (Å²) in [5.41, 5.74) is 1.50. The number of nitrogens with one attached hydrogen (secondary N) is 2. The van der Waals surface area contributed by atoms with E-state index in [2.05, 4.69) is 20.5 Å². The van der Waals surface area contributed by atoms with Crippen molar-refractivity contribution in [3.05, 3.63) is 24.5 Å². The summed E-state index contributed by atoms with van der Waals surface area (Å²) in [7, 11) is 0. The van der Waals surface area contributed by atoms with Gasteiger partial charge in [-0.2, -0.15) is 0 Å². The Hall–Kier alpha value is -2.84. The highest BCUT2D eigenvalue weighted by Gasteiger charge is 2.40. The second-order valence-electron chi connectivity index (χ2n) is 9.94. The Labute approximate surface area is 208 Å². The molecule has 1 aliphatic heterocycles. The number of carboxylic acids is 1. The minimum absolute atomic E-state index is 0.117. The lowest BCUT2D eigenvalue weighted by atomic mass is 9.65. The molecular formula is C26H40N4O5. The Balaban J connectivity index is 1.49. The maximum Gasteiger partial charge on any atom is 0.407 e. The SMILES string of the molecule is CCCCOC(=O)N[C@H](C(=O)O)C(CC)NC(=O)C1CCC2(CC1)CCN(c1ccncc1)CC2. The molecular weight excluding hydrogens is 448 g/mol. The van der Waals surface area contributed by atoms with Crippen LogP contribution < -0.4 is 15.5 Å². The zero-order valence-corrected chi connectivity index (χ0v) is 21.0. The van der Waals surface area contributed by atoms with Gasteiger partial charge in [0.25, 0.3) is 0 Å². The topological polar surface area (TPSA) is 121 Å². The Kier molecular flexibility index (Phi) is 9.74. The highest BCUT2D eigenvalue weighted by molar-refractivity contribution is 5.83. The lowest BCUT2D eigenvalue weighted by Gasteiger charge is -2.46. The maximum absolute atomic E-state index is 13.0. The first kappa shape index (κ1) is 26.8. The number of amides is 2. The first-order chi connectivity index (χ1) is 16.9. The number of nitrogens with zero attached hydrogens (tertiary/aromatic N) is 2. The summed E-state index contributed by atoms with van der Waals surface area (Å²) in [4.78, 5) is 43.4. The van der Waals surface area contributed by atoms with Crippen LogP contribution in [0.15, 0.2) is 24.5 Å². The summed E-state index contributed by atoms with van der Waals surface area (Å²) in [6.07, 6.45) is 10.7. The second-order valence-corrected chi connectivity index (χ2v) is 9.94. The van der Waals surface area contributed by atoms with Crippen molar-refractivity contribution in [2.75, 3.05) is 24.6 Å². The van der Waals surface area contributed by atoms with Crippen LogP contribution in [0.3, 0.4) is 0 Å². The van der Waals surface area contributed by atoms with E-state index >= 15 is 0 Å². The molecule has 3 rings (SSSR count). The van der Waals surface area contributed by atoms with Crippen molar-refractivity contribution in [2.24, 2.45) is 11.3 Å². The molecule has 9 nitrogen and oxygen atoms in total. The lowest BCUT2D eigenvalue weighted by Crippen LogP contribution is -2.56. The number of unbranched alkanes of at least 4 members (excludes halogenated alkanes) is 1. The van der Waals surface area contributed by atoms with Gasteiger partial charge in [0, 0.05) is 37.1 Å². The Morgan fingerprint density at radius 2 is 1.77 bits per heavy atom. The van der Waals surface area contributed by atoms with E-state index in [4.69, 9.17) is 4.74 Å². The average Bonchev–Trinajstić information content (AvgIpc) is 2.87. The van der Waals surface area contributed by atoms with Crippen LogP contribution in [-0.2, 0) is 14.3 Å². The molecule has 35 heavy (non-hydrogen) atoms. The van der Waals surface area contributed by atoms with Crippen LogP contribution in [0.4, 0.5) is 10.5 Å². The fraction of sp³-hybridized carbons (Fsp3) is 0.692. The van der Waals surface area contributed by atoms with Crippen LogP contribution in [-0.4, -0.2) is 59.8 Å². The van der Waals surface area contributed by atoms with Gasteiger partial charge >= 0.3 is 12.1 Å². The van der Waals surface area contributed by atoms with Gasteiger partial charge in [-0.25, -0.2) is 9.59 Å². The lowest BCUT2D eigenvalue weighted by molar-refractivity contribution is -0.140. The van der Waals surface area contributed by atoms with Gasteiger partial charge in [-0.15, -0.1) is 0 Å². The molecule has 1 aromatic rings. The molecule has 2 fully saturated rings.